The standard InChI is InChI=1S/C26H30N4O4/c1-4-23(31)14-9-18(3)19-10-12-20(13-11-19)26(33)29-22-8-6-7-21(15-22)24(30-27)16-28-17-25(32)34-5-2/h6-16,31H,4-5,17,27H2,1-3H3,(H,29,33)/b18-9+,23-14+,28-16?,30-24?. The van der Waals surface area contributed by atoms with Crippen molar-refractivity contribution in [3.63, 3.8) is 0 Å². The first kappa shape index (κ1) is 26.1. The molecule has 2 aromatic rings. The molecule has 0 aliphatic rings. The SMILES string of the molecule is CCOC(=O)CN=CC(=NN)c1cccc(NC(=O)c2ccc(/C(C)=C/C=C(/O)CC)cc2)c1. The summed E-state index contributed by atoms with van der Waals surface area (Å²) < 4.78 is 4.83. The van der Waals surface area contributed by atoms with Crippen LogP contribution in [0.5, 0.6) is 0 Å². The third-order valence-corrected chi connectivity index (χ3v) is 4.78. The fourth-order valence-electron chi connectivity index (χ4n) is 2.87. The Morgan fingerprint density at radius 2 is 1.76 bits per heavy atom. The van der Waals surface area contributed by atoms with E-state index in [1.54, 1.807) is 49.4 Å². The number of benzene rings is 2. The number of hydrogen-bond acceptors (Lipinski definition) is 7. The van der Waals surface area contributed by atoms with Crippen LogP contribution in [-0.4, -0.2) is 42.1 Å². The van der Waals surface area contributed by atoms with Gasteiger partial charge in [-0.15, -0.1) is 0 Å². The maximum absolute atomic E-state index is 12.7. The highest BCUT2D eigenvalue weighted by molar-refractivity contribution is 6.38. The molecule has 0 bridgehead atoms. The fraction of sp³-hybridized carbons (Fsp3) is 0.231. The van der Waals surface area contributed by atoms with Gasteiger partial charge < -0.3 is 21.0 Å². The molecule has 2 aromatic carbocycles. The molecule has 0 atom stereocenters. The zero-order valence-electron chi connectivity index (χ0n) is 19.6. The monoisotopic (exact) mass is 462 g/mol. The number of aliphatic hydroxyl groups excluding tert-OH is 1. The number of esters is 1. The van der Waals surface area contributed by atoms with E-state index in [0.717, 1.165) is 11.1 Å². The van der Waals surface area contributed by atoms with Gasteiger partial charge >= 0.3 is 5.97 Å². The summed E-state index contributed by atoms with van der Waals surface area (Å²) >= 11 is 0. The highest BCUT2D eigenvalue weighted by atomic mass is 16.5. The molecule has 2 rings (SSSR count). The molecule has 0 aliphatic carbocycles. The van der Waals surface area contributed by atoms with Crippen LogP contribution in [0.3, 0.4) is 0 Å². The molecule has 0 radical (unpaired) electrons. The Bertz CT molecular complexity index is 1120. The molecule has 4 N–H and O–H groups in total. The lowest BCUT2D eigenvalue weighted by molar-refractivity contribution is -0.141. The molecular weight excluding hydrogens is 432 g/mol. The lowest BCUT2D eigenvalue weighted by atomic mass is 10.0. The number of hydrazone groups is 1. The van der Waals surface area contributed by atoms with Gasteiger partial charge in [0, 0.05) is 23.2 Å². The van der Waals surface area contributed by atoms with Crippen LogP contribution < -0.4 is 11.2 Å². The van der Waals surface area contributed by atoms with E-state index in [2.05, 4.69) is 15.4 Å². The van der Waals surface area contributed by atoms with Crippen LogP contribution in [0.2, 0.25) is 0 Å². The van der Waals surface area contributed by atoms with Crippen molar-refractivity contribution in [1.82, 2.24) is 0 Å². The predicted octanol–water partition coefficient (Wildman–Crippen LogP) is 4.49. The number of hydrogen-bond donors (Lipinski definition) is 3. The van der Waals surface area contributed by atoms with E-state index >= 15 is 0 Å². The number of aliphatic hydroxyl groups is 1. The van der Waals surface area contributed by atoms with Crippen molar-refractivity contribution in [2.45, 2.75) is 27.2 Å². The number of carbonyl (C=O) groups is 2. The molecule has 34 heavy (non-hydrogen) atoms. The molecule has 0 saturated carbocycles. The molecule has 8 heteroatoms. The average Bonchev–Trinajstić information content (AvgIpc) is 2.85. The second-order valence-corrected chi connectivity index (χ2v) is 7.26. The Labute approximate surface area is 199 Å². The Morgan fingerprint density at radius 3 is 2.41 bits per heavy atom. The number of anilines is 1. The van der Waals surface area contributed by atoms with Crippen LogP contribution >= 0.6 is 0 Å². The van der Waals surface area contributed by atoms with Gasteiger partial charge in [0.2, 0.25) is 0 Å². The highest BCUT2D eigenvalue weighted by Crippen LogP contribution is 2.17. The quantitative estimate of drug-likeness (QED) is 0.120. The summed E-state index contributed by atoms with van der Waals surface area (Å²) in [5.74, 6) is 5.08. The minimum Gasteiger partial charge on any atom is -0.512 e. The van der Waals surface area contributed by atoms with Gasteiger partial charge in [-0.3, -0.25) is 14.6 Å². The first-order valence-corrected chi connectivity index (χ1v) is 10.9. The summed E-state index contributed by atoms with van der Waals surface area (Å²) in [5, 5.41) is 16.2. The van der Waals surface area contributed by atoms with E-state index in [9.17, 15) is 14.7 Å². The number of allylic oxidation sites excluding steroid dienone is 4. The van der Waals surface area contributed by atoms with Gasteiger partial charge in [0.1, 0.15) is 12.3 Å². The maximum Gasteiger partial charge on any atom is 0.327 e. The number of amides is 1. The lowest BCUT2D eigenvalue weighted by Gasteiger charge is -2.08. The fourth-order valence-corrected chi connectivity index (χ4v) is 2.87. The van der Waals surface area contributed by atoms with Gasteiger partial charge in [0.15, 0.2) is 0 Å². The summed E-state index contributed by atoms with van der Waals surface area (Å²) in [6.45, 7) is 5.69. The van der Waals surface area contributed by atoms with Crippen molar-refractivity contribution in [3.05, 3.63) is 83.1 Å². The van der Waals surface area contributed by atoms with Gasteiger partial charge in [0.05, 0.1) is 18.6 Å². The molecule has 0 fully saturated rings. The van der Waals surface area contributed by atoms with E-state index in [0.29, 0.717) is 34.7 Å². The van der Waals surface area contributed by atoms with E-state index in [-0.39, 0.29) is 19.1 Å². The molecule has 0 aliphatic heterocycles. The number of ether oxygens (including phenoxy) is 1. The van der Waals surface area contributed by atoms with E-state index in [1.165, 1.54) is 6.21 Å². The number of carbonyl (C=O) groups excluding carboxylic acids is 2. The summed E-state index contributed by atoms with van der Waals surface area (Å²) in [4.78, 5) is 28.1. The minimum absolute atomic E-state index is 0.135. The highest BCUT2D eigenvalue weighted by Gasteiger charge is 2.09. The summed E-state index contributed by atoms with van der Waals surface area (Å²) in [5.41, 5.74) is 3.96. The Kier molecular flexibility index (Phi) is 10.2. The number of rotatable bonds is 10. The largest absolute Gasteiger partial charge is 0.512 e. The molecule has 0 aromatic heterocycles. The van der Waals surface area contributed by atoms with Gasteiger partial charge in [-0.1, -0.05) is 37.3 Å². The minimum atomic E-state index is -0.441. The van der Waals surface area contributed by atoms with Gasteiger partial charge in [0.25, 0.3) is 5.91 Å². The van der Waals surface area contributed by atoms with Crippen LogP contribution in [0.25, 0.3) is 5.57 Å². The topological polar surface area (TPSA) is 126 Å². The van der Waals surface area contributed by atoms with Crippen LogP contribution in [-0.2, 0) is 9.53 Å². The molecule has 8 nitrogen and oxygen atoms in total. The molecule has 178 valence electrons. The van der Waals surface area contributed by atoms with Crippen molar-refractivity contribution < 1.29 is 19.4 Å². The van der Waals surface area contributed by atoms with Crippen LogP contribution in [0.4, 0.5) is 5.69 Å². The van der Waals surface area contributed by atoms with Crippen molar-refractivity contribution in [1.29, 1.82) is 0 Å². The predicted molar refractivity (Wildman–Crippen MR) is 136 cm³/mol. The van der Waals surface area contributed by atoms with E-state index < -0.39 is 5.97 Å². The smallest absolute Gasteiger partial charge is 0.327 e. The average molecular weight is 463 g/mol. The van der Waals surface area contributed by atoms with Crippen LogP contribution in [0, 0.1) is 0 Å². The van der Waals surface area contributed by atoms with Crippen LogP contribution in [0.15, 0.2) is 76.5 Å². The van der Waals surface area contributed by atoms with Gasteiger partial charge in [-0.25, -0.2) is 0 Å². The first-order chi connectivity index (χ1) is 16.4. The third kappa shape index (κ3) is 8.05. The van der Waals surface area contributed by atoms with Crippen molar-refractivity contribution in [2.24, 2.45) is 15.9 Å². The van der Waals surface area contributed by atoms with Crippen molar-refractivity contribution in [2.75, 3.05) is 18.5 Å². The molecule has 0 unspecified atom stereocenters. The normalized spacial score (nSPS) is 12.6. The number of nitrogens with zero attached hydrogens (tertiary/aromatic N) is 2. The molecule has 1 amide bonds. The van der Waals surface area contributed by atoms with E-state index in [1.807, 2.05) is 32.1 Å². The number of nitrogens with two attached hydrogens (primary N) is 1. The van der Waals surface area contributed by atoms with E-state index in [4.69, 9.17) is 10.6 Å². The zero-order chi connectivity index (χ0) is 24.9. The molecule has 0 saturated heterocycles. The third-order valence-electron chi connectivity index (χ3n) is 4.78. The van der Waals surface area contributed by atoms with Crippen molar-refractivity contribution >= 4 is 35.1 Å². The molecule has 0 spiro atoms. The molecular formula is C26H30N4O4. The first-order valence-electron chi connectivity index (χ1n) is 10.9. The second-order valence-electron chi connectivity index (χ2n) is 7.26. The number of aliphatic imine (C=N–C) groups is 1. The molecule has 0 heterocycles. The van der Waals surface area contributed by atoms with Crippen molar-refractivity contribution in [3.8, 4) is 0 Å². The van der Waals surface area contributed by atoms with Gasteiger partial charge in [-0.05, 0) is 55.3 Å². The lowest BCUT2D eigenvalue weighted by Crippen LogP contribution is -2.13. The zero-order valence-corrected chi connectivity index (χ0v) is 19.6. The summed E-state index contributed by atoms with van der Waals surface area (Å²) in [7, 11) is 0. The van der Waals surface area contributed by atoms with Crippen LogP contribution in [0.1, 0.15) is 48.7 Å². The summed E-state index contributed by atoms with van der Waals surface area (Å²) in [6.07, 6.45) is 5.47. The Morgan fingerprint density at radius 1 is 1.06 bits per heavy atom. The Balaban J connectivity index is 2.08. The second kappa shape index (κ2) is 13.4. The maximum atomic E-state index is 12.7. The number of nitrogens with one attached hydrogen (secondary N) is 1. The Hall–Kier alpha value is -4.20. The van der Waals surface area contributed by atoms with Gasteiger partial charge in [-0.2, -0.15) is 5.10 Å². The summed E-state index contributed by atoms with van der Waals surface area (Å²) in [6, 6.07) is 14.2.